The fourth-order valence-electron chi connectivity index (χ4n) is 2.99. The van der Waals surface area contributed by atoms with Crippen LogP contribution < -0.4 is 11.5 Å². The summed E-state index contributed by atoms with van der Waals surface area (Å²) >= 11 is 0. The molecule has 0 bridgehead atoms. The first-order valence-electron chi connectivity index (χ1n) is 10.2. The Hall–Kier alpha value is -0.410. The predicted molar refractivity (Wildman–Crippen MR) is 102 cm³/mol. The van der Waals surface area contributed by atoms with E-state index in [4.69, 9.17) is 11.5 Å². The number of hydrogen-bond acceptors (Lipinski definition) is 3. The number of rotatable bonds is 18. The molecule has 0 aliphatic carbocycles. The van der Waals surface area contributed by atoms with E-state index in [1.165, 1.54) is 83.5 Å². The van der Waals surface area contributed by atoms with Crippen LogP contribution in [0.15, 0.2) is 0 Å². The van der Waals surface area contributed by atoms with Gasteiger partial charge in [-0.15, -0.1) is 0 Å². The summed E-state index contributed by atoms with van der Waals surface area (Å²) in [5, 5.41) is 0. The van der Waals surface area contributed by atoms with Crippen molar-refractivity contribution < 1.29 is 4.79 Å². The van der Waals surface area contributed by atoms with Gasteiger partial charge in [0, 0.05) is 13.0 Å². The highest BCUT2D eigenvalue weighted by Crippen LogP contribution is 2.13. The van der Waals surface area contributed by atoms with Gasteiger partial charge in [-0.25, -0.2) is 0 Å². The van der Waals surface area contributed by atoms with Crippen molar-refractivity contribution in [2.24, 2.45) is 11.5 Å². The molecular weight excluding hydrogens is 284 g/mol. The van der Waals surface area contributed by atoms with E-state index in [0.717, 1.165) is 12.8 Å². The van der Waals surface area contributed by atoms with Gasteiger partial charge < -0.3 is 11.5 Å². The molecule has 0 aromatic rings. The van der Waals surface area contributed by atoms with Crippen LogP contribution in [0.1, 0.15) is 110 Å². The third kappa shape index (κ3) is 16.2. The minimum absolute atomic E-state index is 0.127. The summed E-state index contributed by atoms with van der Waals surface area (Å²) < 4.78 is 0. The second kappa shape index (κ2) is 17.9. The molecule has 0 aromatic carbocycles. The van der Waals surface area contributed by atoms with Crippen molar-refractivity contribution in [3.63, 3.8) is 0 Å². The van der Waals surface area contributed by atoms with Gasteiger partial charge in [0.05, 0.1) is 6.04 Å². The van der Waals surface area contributed by atoms with Gasteiger partial charge in [0.15, 0.2) is 5.78 Å². The fourth-order valence-corrected chi connectivity index (χ4v) is 2.99. The lowest BCUT2D eigenvalue weighted by Crippen LogP contribution is -2.37. The van der Waals surface area contributed by atoms with Crippen molar-refractivity contribution in [2.45, 2.75) is 116 Å². The second-order valence-electron chi connectivity index (χ2n) is 7.01. The number of unbranched alkanes of at least 4 members (excludes halogenated alkanes) is 14. The van der Waals surface area contributed by atoms with E-state index in [1.807, 2.05) is 0 Å². The average molecular weight is 327 g/mol. The van der Waals surface area contributed by atoms with Crippen LogP contribution in [0.3, 0.4) is 0 Å². The summed E-state index contributed by atoms with van der Waals surface area (Å²) in [6.07, 6.45) is 20.8. The Balaban J connectivity index is 3.09. The molecule has 0 aliphatic rings. The summed E-state index contributed by atoms with van der Waals surface area (Å²) in [6.45, 7) is 2.55. The molecule has 0 saturated heterocycles. The van der Waals surface area contributed by atoms with Crippen molar-refractivity contribution in [3.05, 3.63) is 0 Å². The molecule has 3 heteroatoms. The Bertz CT molecular complexity index is 256. The molecule has 3 nitrogen and oxygen atoms in total. The monoisotopic (exact) mass is 326 g/mol. The molecule has 0 heterocycles. The highest BCUT2D eigenvalue weighted by Gasteiger charge is 2.09. The summed E-state index contributed by atoms with van der Waals surface area (Å²) in [7, 11) is 0. The first-order valence-corrected chi connectivity index (χ1v) is 10.2. The molecular formula is C20H42N2O. The predicted octanol–water partition coefficient (Wildman–Crippen LogP) is 5.10. The zero-order valence-corrected chi connectivity index (χ0v) is 15.7. The molecule has 0 aliphatic heterocycles. The Morgan fingerprint density at radius 1 is 0.696 bits per heavy atom. The van der Waals surface area contributed by atoms with Crippen LogP contribution in [-0.2, 0) is 4.79 Å². The van der Waals surface area contributed by atoms with Gasteiger partial charge >= 0.3 is 0 Å². The smallest absolute Gasteiger partial charge is 0.150 e. The number of Topliss-reactive ketones (excluding diaryl/α,β-unsaturated/α-hetero) is 1. The molecule has 4 N–H and O–H groups in total. The van der Waals surface area contributed by atoms with Gasteiger partial charge in [0.1, 0.15) is 0 Å². The highest BCUT2D eigenvalue weighted by molar-refractivity contribution is 5.83. The molecule has 1 atom stereocenters. The second-order valence-corrected chi connectivity index (χ2v) is 7.01. The lowest BCUT2D eigenvalue weighted by molar-refractivity contribution is -0.120. The van der Waals surface area contributed by atoms with Crippen molar-refractivity contribution in [2.75, 3.05) is 6.54 Å². The van der Waals surface area contributed by atoms with Crippen LogP contribution >= 0.6 is 0 Å². The van der Waals surface area contributed by atoms with Gasteiger partial charge in [0.2, 0.25) is 0 Å². The van der Waals surface area contributed by atoms with Gasteiger partial charge in [-0.2, -0.15) is 0 Å². The Labute approximate surface area is 145 Å². The van der Waals surface area contributed by atoms with Crippen molar-refractivity contribution in [1.29, 1.82) is 0 Å². The molecule has 0 spiro atoms. The van der Waals surface area contributed by atoms with Crippen molar-refractivity contribution in [3.8, 4) is 0 Å². The average Bonchev–Trinajstić information content (AvgIpc) is 2.57. The van der Waals surface area contributed by atoms with Crippen LogP contribution in [0.5, 0.6) is 0 Å². The number of nitrogens with two attached hydrogens (primary N) is 2. The summed E-state index contributed by atoms with van der Waals surface area (Å²) in [5.41, 5.74) is 11.0. The number of ketones is 1. The normalized spacial score (nSPS) is 12.5. The van der Waals surface area contributed by atoms with E-state index in [0.29, 0.717) is 6.42 Å². The van der Waals surface area contributed by atoms with E-state index >= 15 is 0 Å². The summed E-state index contributed by atoms with van der Waals surface area (Å²) in [4.78, 5) is 11.5. The zero-order chi connectivity index (χ0) is 17.2. The van der Waals surface area contributed by atoms with Gasteiger partial charge in [0.25, 0.3) is 0 Å². The molecule has 138 valence electrons. The number of hydrogen-bond donors (Lipinski definition) is 2. The van der Waals surface area contributed by atoms with E-state index in [-0.39, 0.29) is 12.3 Å². The summed E-state index contributed by atoms with van der Waals surface area (Å²) in [5.74, 6) is 0.127. The van der Waals surface area contributed by atoms with Crippen LogP contribution in [0, 0.1) is 0 Å². The highest BCUT2D eigenvalue weighted by atomic mass is 16.1. The molecule has 0 aromatic heterocycles. The SMILES string of the molecule is CCCCCCCCCCCCCCCCCC(=O)C(N)CN. The first-order chi connectivity index (χ1) is 11.2. The Kier molecular flexibility index (Phi) is 17.6. The van der Waals surface area contributed by atoms with Gasteiger partial charge in [-0.3, -0.25) is 4.79 Å². The largest absolute Gasteiger partial charge is 0.328 e. The van der Waals surface area contributed by atoms with E-state index in [9.17, 15) is 4.79 Å². The van der Waals surface area contributed by atoms with E-state index < -0.39 is 6.04 Å². The van der Waals surface area contributed by atoms with Crippen LogP contribution in [-0.4, -0.2) is 18.4 Å². The topological polar surface area (TPSA) is 69.1 Å². The molecule has 0 rings (SSSR count). The molecule has 1 unspecified atom stereocenters. The standard InChI is InChI=1S/C20H42N2O/c1-2-3-4-5-6-7-8-9-10-11-12-13-14-15-16-17-20(23)19(22)18-21/h19H,2-18,21-22H2,1H3. The van der Waals surface area contributed by atoms with Gasteiger partial charge in [-0.1, -0.05) is 96.8 Å². The zero-order valence-electron chi connectivity index (χ0n) is 15.7. The van der Waals surface area contributed by atoms with Crippen LogP contribution in [0.2, 0.25) is 0 Å². The molecule has 0 radical (unpaired) electrons. The molecule has 0 amide bonds. The minimum Gasteiger partial charge on any atom is -0.328 e. The summed E-state index contributed by atoms with van der Waals surface area (Å²) in [6, 6.07) is -0.443. The first kappa shape index (κ1) is 22.6. The number of carbonyl (C=O) groups excluding carboxylic acids is 1. The Morgan fingerprint density at radius 3 is 1.39 bits per heavy atom. The third-order valence-electron chi connectivity index (χ3n) is 4.69. The van der Waals surface area contributed by atoms with Crippen molar-refractivity contribution >= 4 is 5.78 Å². The van der Waals surface area contributed by atoms with Crippen LogP contribution in [0.4, 0.5) is 0 Å². The van der Waals surface area contributed by atoms with E-state index in [1.54, 1.807) is 0 Å². The van der Waals surface area contributed by atoms with Crippen molar-refractivity contribution in [1.82, 2.24) is 0 Å². The van der Waals surface area contributed by atoms with Crippen LogP contribution in [0.25, 0.3) is 0 Å². The minimum atomic E-state index is -0.443. The maximum Gasteiger partial charge on any atom is 0.150 e. The Morgan fingerprint density at radius 2 is 1.04 bits per heavy atom. The molecule has 23 heavy (non-hydrogen) atoms. The number of carbonyl (C=O) groups is 1. The van der Waals surface area contributed by atoms with E-state index in [2.05, 4.69) is 6.92 Å². The maximum absolute atomic E-state index is 11.5. The van der Waals surface area contributed by atoms with Gasteiger partial charge in [-0.05, 0) is 6.42 Å². The quantitative estimate of drug-likeness (QED) is 0.344. The maximum atomic E-state index is 11.5. The third-order valence-corrected chi connectivity index (χ3v) is 4.69. The molecule has 0 saturated carbocycles. The molecule has 0 fully saturated rings. The lowest BCUT2D eigenvalue weighted by atomic mass is 10.0. The fraction of sp³-hybridized carbons (Fsp3) is 0.950. The lowest BCUT2D eigenvalue weighted by Gasteiger charge is -2.07.